The average Bonchev–Trinajstić information content (AvgIpc) is 2.51. The number of hydrogen-bond acceptors (Lipinski definition) is 3. The number of amides is 3. The molecule has 1 fully saturated rings. The molecule has 1 aliphatic heterocycles. The first-order valence-electron chi connectivity index (χ1n) is 6.06. The summed E-state index contributed by atoms with van der Waals surface area (Å²) in [4.78, 5) is 38.4. The molecule has 0 saturated carbocycles. The molecule has 1 heterocycles. The molecule has 1 saturated heterocycles. The standard InChI is InChI=1S/C14H16N2O3/c1-10(17)9-15-13(19)16(12(18)14(15,2)3)11-7-5-4-6-8-11/h4-8H,9H2,1-3H3. The molecule has 2 rings (SSSR count). The maximum atomic E-state index is 12.4. The second-order valence-electron chi connectivity index (χ2n) is 5.11. The highest BCUT2D eigenvalue weighted by molar-refractivity contribution is 6.23. The fourth-order valence-electron chi connectivity index (χ4n) is 2.13. The van der Waals surface area contributed by atoms with Crippen molar-refractivity contribution < 1.29 is 14.4 Å². The number of hydrogen-bond donors (Lipinski definition) is 0. The van der Waals surface area contributed by atoms with Crippen molar-refractivity contribution in [3.8, 4) is 0 Å². The summed E-state index contributed by atoms with van der Waals surface area (Å²) >= 11 is 0. The Kier molecular flexibility index (Phi) is 3.14. The van der Waals surface area contributed by atoms with E-state index in [4.69, 9.17) is 0 Å². The maximum Gasteiger partial charge on any atom is 0.332 e. The number of anilines is 1. The van der Waals surface area contributed by atoms with Crippen LogP contribution in [0.15, 0.2) is 30.3 Å². The summed E-state index contributed by atoms with van der Waals surface area (Å²) in [5.41, 5.74) is -0.477. The Hall–Kier alpha value is -2.17. The fourth-order valence-corrected chi connectivity index (χ4v) is 2.13. The van der Waals surface area contributed by atoms with E-state index in [2.05, 4.69) is 0 Å². The molecule has 0 spiro atoms. The van der Waals surface area contributed by atoms with Crippen molar-refractivity contribution in [3.63, 3.8) is 0 Å². The molecule has 0 aromatic heterocycles. The zero-order chi connectivity index (χ0) is 14.2. The van der Waals surface area contributed by atoms with E-state index >= 15 is 0 Å². The monoisotopic (exact) mass is 260 g/mol. The third-order valence-corrected chi connectivity index (χ3v) is 3.22. The second-order valence-corrected chi connectivity index (χ2v) is 5.11. The zero-order valence-corrected chi connectivity index (χ0v) is 11.2. The Balaban J connectivity index is 2.41. The molecular weight excluding hydrogens is 244 g/mol. The zero-order valence-electron chi connectivity index (χ0n) is 11.2. The van der Waals surface area contributed by atoms with Crippen molar-refractivity contribution in [2.24, 2.45) is 0 Å². The largest absolute Gasteiger partial charge is 0.332 e. The number of carbonyl (C=O) groups excluding carboxylic acids is 3. The number of Topliss-reactive ketones (excluding diaryl/α,β-unsaturated/α-hetero) is 1. The van der Waals surface area contributed by atoms with Gasteiger partial charge in [-0.1, -0.05) is 18.2 Å². The molecule has 0 atom stereocenters. The lowest BCUT2D eigenvalue weighted by Crippen LogP contribution is -2.46. The van der Waals surface area contributed by atoms with Crippen LogP contribution < -0.4 is 4.90 Å². The minimum Gasteiger partial charge on any atom is -0.302 e. The summed E-state index contributed by atoms with van der Waals surface area (Å²) in [7, 11) is 0. The molecule has 1 aliphatic rings. The number of carbonyl (C=O) groups is 3. The fraction of sp³-hybridized carbons (Fsp3) is 0.357. The third-order valence-electron chi connectivity index (χ3n) is 3.22. The second kappa shape index (κ2) is 4.50. The Labute approximate surface area is 111 Å². The SMILES string of the molecule is CC(=O)CN1C(=O)N(c2ccccc2)C(=O)C1(C)C. The highest BCUT2D eigenvalue weighted by atomic mass is 16.2. The van der Waals surface area contributed by atoms with Gasteiger partial charge in [-0.2, -0.15) is 0 Å². The van der Waals surface area contributed by atoms with Gasteiger partial charge in [0.1, 0.15) is 11.3 Å². The normalized spacial score (nSPS) is 18.1. The number of rotatable bonds is 3. The molecule has 100 valence electrons. The first-order valence-corrected chi connectivity index (χ1v) is 6.06. The maximum absolute atomic E-state index is 12.4. The predicted octanol–water partition coefficient (Wildman–Crippen LogP) is 1.82. The third kappa shape index (κ3) is 2.12. The van der Waals surface area contributed by atoms with E-state index in [9.17, 15) is 14.4 Å². The van der Waals surface area contributed by atoms with Gasteiger partial charge in [-0.15, -0.1) is 0 Å². The lowest BCUT2D eigenvalue weighted by Gasteiger charge is -2.26. The van der Waals surface area contributed by atoms with Crippen LogP contribution in [-0.4, -0.2) is 34.7 Å². The van der Waals surface area contributed by atoms with Gasteiger partial charge >= 0.3 is 6.03 Å². The number of ketones is 1. The lowest BCUT2D eigenvalue weighted by molar-refractivity contribution is -0.124. The first-order chi connectivity index (χ1) is 8.85. The quantitative estimate of drug-likeness (QED) is 0.779. The Morgan fingerprint density at radius 1 is 1.16 bits per heavy atom. The summed E-state index contributed by atoms with van der Waals surface area (Å²) in [5.74, 6) is -0.464. The number of nitrogens with zero attached hydrogens (tertiary/aromatic N) is 2. The molecule has 0 N–H and O–H groups in total. The smallest absolute Gasteiger partial charge is 0.302 e. The molecule has 1 aromatic rings. The van der Waals surface area contributed by atoms with Crippen LogP contribution in [0.3, 0.4) is 0 Å². The van der Waals surface area contributed by atoms with Crippen LogP contribution in [0.25, 0.3) is 0 Å². The van der Waals surface area contributed by atoms with E-state index in [0.29, 0.717) is 5.69 Å². The van der Waals surface area contributed by atoms with Crippen molar-refractivity contribution in [2.45, 2.75) is 26.3 Å². The summed E-state index contributed by atoms with van der Waals surface area (Å²) in [6.45, 7) is 4.65. The van der Waals surface area contributed by atoms with E-state index in [1.54, 1.807) is 38.1 Å². The van der Waals surface area contributed by atoms with Crippen LogP contribution in [0.4, 0.5) is 10.5 Å². The minimum atomic E-state index is -1.00. The molecule has 5 nitrogen and oxygen atoms in total. The number of imide groups is 1. The Morgan fingerprint density at radius 2 is 1.74 bits per heavy atom. The van der Waals surface area contributed by atoms with E-state index in [0.717, 1.165) is 4.90 Å². The van der Waals surface area contributed by atoms with Crippen molar-refractivity contribution in [3.05, 3.63) is 30.3 Å². The molecule has 0 bridgehead atoms. The van der Waals surface area contributed by atoms with Crippen molar-refractivity contribution in [2.75, 3.05) is 11.4 Å². The lowest BCUT2D eigenvalue weighted by atomic mass is 10.0. The van der Waals surface area contributed by atoms with Gasteiger partial charge in [-0.25, -0.2) is 9.69 Å². The van der Waals surface area contributed by atoms with Crippen molar-refractivity contribution >= 4 is 23.4 Å². The van der Waals surface area contributed by atoms with Gasteiger partial charge in [0, 0.05) is 0 Å². The Morgan fingerprint density at radius 3 is 2.26 bits per heavy atom. The van der Waals surface area contributed by atoms with E-state index in [1.807, 2.05) is 6.07 Å². The molecule has 5 heteroatoms. The van der Waals surface area contributed by atoms with Gasteiger partial charge in [0.25, 0.3) is 5.91 Å². The van der Waals surface area contributed by atoms with Crippen LogP contribution in [0.2, 0.25) is 0 Å². The van der Waals surface area contributed by atoms with E-state index in [1.165, 1.54) is 11.8 Å². The number of benzene rings is 1. The summed E-state index contributed by atoms with van der Waals surface area (Å²) in [6, 6.07) is 8.28. The average molecular weight is 260 g/mol. The molecule has 3 amide bonds. The van der Waals surface area contributed by atoms with Gasteiger partial charge < -0.3 is 4.90 Å². The van der Waals surface area contributed by atoms with Gasteiger partial charge in [-0.05, 0) is 32.9 Å². The molecule has 0 radical (unpaired) electrons. The molecule has 1 aromatic carbocycles. The van der Waals surface area contributed by atoms with E-state index in [-0.39, 0.29) is 18.2 Å². The number of urea groups is 1. The van der Waals surface area contributed by atoms with Gasteiger partial charge in [-0.3, -0.25) is 9.59 Å². The van der Waals surface area contributed by atoms with Gasteiger partial charge in [0.15, 0.2) is 0 Å². The highest BCUT2D eigenvalue weighted by Crippen LogP contribution is 2.31. The van der Waals surface area contributed by atoms with Crippen LogP contribution in [0, 0.1) is 0 Å². The van der Waals surface area contributed by atoms with Crippen LogP contribution in [0.1, 0.15) is 20.8 Å². The molecule has 0 aliphatic carbocycles. The van der Waals surface area contributed by atoms with Crippen molar-refractivity contribution in [1.29, 1.82) is 0 Å². The first kappa shape index (κ1) is 13.3. The minimum absolute atomic E-state index is 0.0547. The van der Waals surface area contributed by atoms with Crippen LogP contribution >= 0.6 is 0 Å². The summed E-state index contributed by atoms with van der Waals surface area (Å²) in [5, 5.41) is 0. The van der Waals surface area contributed by atoms with Gasteiger partial charge in [0.2, 0.25) is 0 Å². The summed E-state index contributed by atoms with van der Waals surface area (Å²) < 4.78 is 0. The predicted molar refractivity (Wildman–Crippen MR) is 70.8 cm³/mol. The molecule has 19 heavy (non-hydrogen) atoms. The number of para-hydroxylation sites is 1. The Bertz CT molecular complexity index is 537. The molecular formula is C14H16N2O3. The van der Waals surface area contributed by atoms with Gasteiger partial charge in [0.05, 0.1) is 12.2 Å². The molecule has 0 unspecified atom stereocenters. The topological polar surface area (TPSA) is 57.7 Å². The van der Waals surface area contributed by atoms with Crippen molar-refractivity contribution in [1.82, 2.24) is 4.90 Å². The van der Waals surface area contributed by atoms with Crippen LogP contribution in [0.5, 0.6) is 0 Å². The summed E-state index contributed by atoms with van der Waals surface area (Å²) in [6.07, 6.45) is 0. The highest BCUT2D eigenvalue weighted by Gasteiger charge is 2.51. The van der Waals surface area contributed by atoms with Crippen LogP contribution in [-0.2, 0) is 9.59 Å². The van der Waals surface area contributed by atoms with E-state index < -0.39 is 11.6 Å².